The number of hydrogen-bond donors (Lipinski definition) is 12. The van der Waals surface area contributed by atoms with Crippen LogP contribution in [0.2, 0.25) is 0 Å². The number of nitrogens with one attached hydrogen (secondary N) is 9. The van der Waals surface area contributed by atoms with Gasteiger partial charge < -0.3 is 106 Å². The third-order valence-electron chi connectivity index (χ3n) is 17.0. The number of carboxylic acid groups (broad SMARTS) is 1. The Morgan fingerprint density at radius 3 is 1.58 bits per heavy atom. The monoisotopic (exact) mass is 1720 g/mol. The predicted octanol–water partition coefficient (Wildman–Crippen LogP) is -2.20. The number of Topliss-reactive ketones (excluding diaryl/α,β-unsaturated/α-hetero) is 6. The van der Waals surface area contributed by atoms with E-state index in [4.69, 9.17) is 63.7 Å². The van der Waals surface area contributed by atoms with Crippen molar-refractivity contribution in [2.24, 2.45) is 34.2 Å². The van der Waals surface area contributed by atoms with E-state index in [2.05, 4.69) is 53.0 Å². The van der Waals surface area contributed by atoms with Crippen LogP contribution in [-0.4, -0.2) is 325 Å². The Bertz CT molecular complexity index is 3210. The highest BCUT2D eigenvalue weighted by Gasteiger charge is 2.36. The number of carbonyl (C=O) groups is 15. The van der Waals surface area contributed by atoms with Crippen LogP contribution in [0.1, 0.15) is 96.0 Å². The largest absolute Gasteiger partial charge is 0.481 e. The summed E-state index contributed by atoms with van der Waals surface area (Å²) in [5, 5.41) is 31.4. The molecule has 7 atom stereocenters. The fourth-order valence-electron chi connectivity index (χ4n) is 11.0. The van der Waals surface area contributed by atoms with Gasteiger partial charge in [0.05, 0.1) is 135 Å². The number of carbonyl (C=O) groups excluding carboxylic acids is 14. The van der Waals surface area contributed by atoms with Crippen LogP contribution in [0.4, 0.5) is 0 Å². The summed E-state index contributed by atoms with van der Waals surface area (Å²) >= 11 is 0.952. The summed E-state index contributed by atoms with van der Waals surface area (Å²) in [5.41, 5.74) is 14.1. The summed E-state index contributed by atoms with van der Waals surface area (Å²) < 4.78 is 54.5. The highest BCUT2D eigenvalue weighted by Crippen LogP contribution is 2.27. The number of rotatable bonds is 57. The number of amides is 8. The number of carboxylic acids is 1. The van der Waals surface area contributed by atoms with Crippen molar-refractivity contribution in [1.82, 2.24) is 48.0 Å². The van der Waals surface area contributed by atoms with E-state index in [9.17, 15) is 77.0 Å². The molecule has 2 aliphatic heterocycles. The molecule has 39 nitrogen and oxygen atoms in total. The van der Waals surface area contributed by atoms with E-state index in [1.165, 1.54) is 6.92 Å². The normalized spacial score (nSPS) is 19.1. The second kappa shape index (κ2) is 66.2. The second-order valence-electron chi connectivity index (χ2n) is 26.9. The van der Waals surface area contributed by atoms with Crippen LogP contribution in [0.5, 0.6) is 0 Å². The lowest BCUT2D eigenvalue weighted by Crippen LogP contribution is -2.53. The Kier molecular flexibility index (Phi) is 58.5. The SMILES string of the molecule is CNOCC(=O)NCCOCCOCCOCCOCCOCCNC(=O)COCC(=O)NCCCC[C@@H]1NC(=O)CSC[C@@H](C(=O)CCCOCCOCCOCCCC(=O)COCC(C)=O)NC(=O)[C@H](Cc2ccccc2)CC(=O)[C@@H]2CSSC[C@H](NC1=O)C(=O)C[C@@H](CCCN=C(N)N)C(=O)NCC(=O)C[C@@H](CC(=O)O)C(=O)N2. The summed E-state index contributed by atoms with van der Waals surface area (Å²) in [6, 6.07) is 3.20. The molecule has 117 heavy (non-hydrogen) atoms. The Hall–Kier alpha value is -7.69. The summed E-state index contributed by atoms with van der Waals surface area (Å²) in [5.74, 6) is -14.8. The van der Waals surface area contributed by atoms with E-state index in [-0.39, 0.29) is 197 Å². The molecule has 2 heterocycles. The first kappa shape index (κ1) is 103. The molecular weight excluding hydrogens is 1600 g/mol. The molecule has 0 unspecified atom stereocenters. The number of ketones is 6. The molecule has 0 spiro atoms. The number of aliphatic imine (C=N–C) groups is 1. The number of thioether (sulfide) groups is 1. The second-order valence-corrected chi connectivity index (χ2v) is 30.4. The standard InChI is InChI=1S/C75H120N12O27S3/c1-52(88)43-112-44-57(89)14-9-21-104-25-29-108-30-26-105-22-10-16-63(91)60-48-115-51-69(97)84-59(15-6-7-17-79-66(94)45-113-46-67(95)80-19-23-106-27-31-109-33-35-111-36-34-110-32-28-107-24-20-81-68(96)47-114-78-2)74(103)87-62-50-117-116-49-61(65(93)40-55(72(101)85-60)37-53-11-4-3-5-12-53)86-73(102)56(41-70(98)99)38-58(90)42-83-71(100)54(39-64(62)92)13-8-18-82-75(76)77/h3-5,11-12,54-56,59-62,78H,6-10,13-51H2,1-2H3,(H,79,94)(H,80,95)(H,81,96)(H,83,100)(H,84,97)(H,85,101)(H,86,102)(H,87,103)(H,98,99)(H4,76,77,82)/t54-,55-,56+,59+,60+,61+,62+/m1/s1. The fourth-order valence-corrected chi connectivity index (χ4v) is 14.3. The van der Waals surface area contributed by atoms with Gasteiger partial charge in [0, 0.05) is 108 Å². The topological polar surface area (TPSA) is 550 Å². The number of guanidine groups is 1. The molecule has 2 aliphatic rings. The molecule has 3 rings (SSSR count). The number of unbranched alkanes of at least 4 members (excludes halogenated alkanes) is 1. The lowest BCUT2D eigenvalue weighted by atomic mass is 9.90. The van der Waals surface area contributed by atoms with Gasteiger partial charge >= 0.3 is 5.97 Å². The maximum atomic E-state index is 14.9. The predicted molar refractivity (Wildman–Crippen MR) is 430 cm³/mol. The zero-order valence-electron chi connectivity index (χ0n) is 66.9. The van der Waals surface area contributed by atoms with Gasteiger partial charge in [-0.15, -0.1) is 11.8 Å². The van der Waals surface area contributed by atoms with E-state index in [1.807, 2.05) is 0 Å². The van der Waals surface area contributed by atoms with Crippen molar-refractivity contribution in [3.63, 3.8) is 0 Å². The average Bonchev–Trinajstić information content (AvgIpc) is 1.45. The smallest absolute Gasteiger partial charge is 0.304 e. The Balaban J connectivity index is 1.74. The maximum Gasteiger partial charge on any atom is 0.304 e. The molecule has 2 fully saturated rings. The minimum absolute atomic E-state index is 0.00222. The van der Waals surface area contributed by atoms with E-state index < -0.39 is 158 Å². The van der Waals surface area contributed by atoms with Crippen LogP contribution in [0.3, 0.4) is 0 Å². The number of benzene rings is 1. The van der Waals surface area contributed by atoms with Gasteiger partial charge in [0.15, 0.2) is 40.7 Å². The summed E-state index contributed by atoms with van der Waals surface area (Å²) in [6.45, 7) is 4.42. The molecule has 0 saturated carbocycles. The molecule has 8 amide bonds. The summed E-state index contributed by atoms with van der Waals surface area (Å²) in [6.07, 6.45) is -1.32. The number of nitrogens with two attached hydrogens (primary N) is 2. The number of fused-ring (bicyclic) bond motifs is 5. The van der Waals surface area contributed by atoms with Gasteiger partial charge in [-0.05, 0) is 63.9 Å². The molecule has 0 aromatic heterocycles. The first-order valence-corrected chi connectivity index (χ1v) is 42.7. The first-order chi connectivity index (χ1) is 56.4. The van der Waals surface area contributed by atoms with Crippen molar-refractivity contribution in [3.8, 4) is 0 Å². The molecular formula is C75H120N12O27S3. The van der Waals surface area contributed by atoms with Crippen molar-refractivity contribution in [3.05, 3.63) is 35.9 Å². The highest BCUT2D eigenvalue weighted by molar-refractivity contribution is 8.76. The van der Waals surface area contributed by atoms with E-state index in [1.54, 1.807) is 37.4 Å². The van der Waals surface area contributed by atoms with Crippen LogP contribution < -0.4 is 59.5 Å². The van der Waals surface area contributed by atoms with Crippen LogP contribution >= 0.6 is 33.3 Å². The van der Waals surface area contributed by atoms with E-state index in [0.717, 1.165) is 33.3 Å². The van der Waals surface area contributed by atoms with Gasteiger partial charge in [-0.3, -0.25) is 81.7 Å². The molecule has 42 heteroatoms. The van der Waals surface area contributed by atoms with Crippen molar-refractivity contribution in [2.75, 3.05) is 202 Å². The third kappa shape index (κ3) is 53.5. The van der Waals surface area contributed by atoms with Crippen LogP contribution in [0.15, 0.2) is 35.3 Å². The fraction of sp³-hybridized carbons (Fsp3) is 0.707. The van der Waals surface area contributed by atoms with Gasteiger partial charge in [-0.25, -0.2) is 5.48 Å². The van der Waals surface area contributed by atoms with Gasteiger partial charge in [0.25, 0.3) is 0 Å². The molecule has 1 aromatic carbocycles. The Morgan fingerprint density at radius 1 is 0.513 bits per heavy atom. The molecule has 0 radical (unpaired) electrons. The van der Waals surface area contributed by atoms with Gasteiger partial charge in [0.1, 0.15) is 39.1 Å². The summed E-state index contributed by atoms with van der Waals surface area (Å²) in [7, 11) is 3.54. The zero-order valence-corrected chi connectivity index (χ0v) is 69.4. The lowest BCUT2D eigenvalue weighted by Gasteiger charge is -2.26. The van der Waals surface area contributed by atoms with Gasteiger partial charge in [-0.2, -0.15) is 0 Å². The quantitative estimate of drug-likeness (QED) is 0.0108. The number of ether oxygens (including phenoxy) is 10. The molecule has 2 bridgehead atoms. The van der Waals surface area contributed by atoms with Crippen molar-refractivity contribution in [2.45, 2.75) is 121 Å². The van der Waals surface area contributed by atoms with Crippen LogP contribution in [0.25, 0.3) is 0 Å². The molecule has 1 aromatic rings. The number of hydrogen-bond acceptors (Lipinski definition) is 31. The minimum atomic E-state index is -1.55. The molecule has 660 valence electrons. The molecule has 0 aliphatic carbocycles. The molecule has 2 saturated heterocycles. The maximum absolute atomic E-state index is 14.9. The summed E-state index contributed by atoms with van der Waals surface area (Å²) in [4.78, 5) is 210. The van der Waals surface area contributed by atoms with Crippen molar-refractivity contribution < 1.29 is 129 Å². The van der Waals surface area contributed by atoms with E-state index >= 15 is 0 Å². The third-order valence-corrected chi connectivity index (χ3v) is 20.4. The number of aliphatic carboxylic acids is 1. The van der Waals surface area contributed by atoms with Crippen molar-refractivity contribution in [1.29, 1.82) is 0 Å². The average molecular weight is 1720 g/mol. The first-order valence-electron chi connectivity index (χ1n) is 39.0. The zero-order chi connectivity index (χ0) is 85.5. The van der Waals surface area contributed by atoms with Crippen LogP contribution in [-0.2, 0) is 131 Å². The minimum Gasteiger partial charge on any atom is -0.481 e. The van der Waals surface area contributed by atoms with Gasteiger partial charge in [0.2, 0.25) is 47.3 Å². The molecule has 14 N–H and O–H groups in total. The van der Waals surface area contributed by atoms with Crippen LogP contribution in [0, 0.1) is 17.8 Å². The Morgan fingerprint density at radius 2 is 1.03 bits per heavy atom. The van der Waals surface area contributed by atoms with Crippen molar-refractivity contribution >= 4 is 127 Å². The number of hydroxylamine groups is 1. The van der Waals surface area contributed by atoms with Gasteiger partial charge in [-0.1, -0.05) is 51.9 Å². The van der Waals surface area contributed by atoms with E-state index in [0.29, 0.717) is 71.4 Å². The number of nitrogens with zero attached hydrogens (tertiary/aromatic N) is 1. The Labute approximate surface area is 693 Å². The highest BCUT2D eigenvalue weighted by atomic mass is 33.1. The lowest BCUT2D eigenvalue weighted by molar-refractivity contribution is -0.142.